The van der Waals surface area contributed by atoms with Crippen molar-refractivity contribution in [2.24, 2.45) is 0 Å². The molecule has 17 heavy (non-hydrogen) atoms. The fraction of sp³-hybridized carbons (Fsp3) is 0.571. The van der Waals surface area contributed by atoms with Crippen LogP contribution < -0.4 is 9.47 Å². The van der Waals surface area contributed by atoms with Gasteiger partial charge in [0.05, 0.1) is 20.8 Å². The van der Waals surface area contributed by atoms with Gasteiger partial charge in [0.2, 0.25) is 0 Å². The van der Waals surface area contributed by atoms with Gasteiger partial charge in [-0.25, -0.2) is 0 Å². The maximum atomic E-state index is 9.22. The number of aliphatic hydroxyl groups is 1. The predicted molar refractivity (Wildman–Crippen MR) is 66.7 cm³/mol. The normalized spacial score (nSPS) is 16.2. The van der Waals surface area contributed by atoms with E-state index < -0.39 is 0 Å². The lowest BCUT2D eigenvalue weighted by Gasteiger charge is -2.19. The third-order valence-electron chi connectivity index (χ3n) is 3.55. The molecule has 1 aromatic carbocycles. The van der Waals surface area contributed by atoms with E-state index in [4.69, 9.17) is 9.47 Å². The Morgan fingerprint density at radius 2 is 1.65 bits per heavy atom. The van der Waals surface area contributed by atoms with Gasteiger partial charge in [-0.1, -0.05) is 12.8 Å². The Labute approximate surface area is 102 Å². The number of aliphatic hydroxyl groups excluding tert-OH is 1. The first-order valence-corrected chi connectivity index (χ1v) is 6.15. The lowest BCUT2D eigenvalue weighted by Crippen LogP contribution is -2.02. The van der Waals surface area contributed by atoms with E-state index in [9.17, 15) is 5.11 Å². The van der Waals surface area contributed by atoms with E-state index in [0.717, 1.165) is 17.1 Å². The molecule has 2 rings (SSSR count). The SMILES string of the molecule is COc1cc(CO)cc(OC)c1C1CCCC1. The largest absolute Gasteiger partial charge is 0.496 e. The molecule has 1 fully saturated rings. The van der Waals surface area contributed by atoms with Crippen molar-refractivity contribution < 1.29 is 14.6 Å². The third-order valence-corrected chi connectivity index (χ3v) is 3.55. The second-order valence-electron chi connectivity index (χ2n) is 4.55. The van der Waals surface area contributed by atoms with E-state index in [1.165, 1.54) is 31.2 Å². The zero-order valence-corrected chi connectivity index (χ0v) is 10.5. The maximum Gasteiger partial charge on any atom is 0.126 e. The molecular formula is C14H20O3. The zero-order valence-electron chi connectivity index (χ0n) is 10.5. The quantitative estimate of drug-likeness (QED) is 0.873. The molecule has 94 valence electrons. The Kier molecular flexibility index (Phi) is 3.89. The molecule has 1 saturated carbocycles. The highest BCUT2D eigenvalue weighted by Crippen LogP contribution is 2.44. The van der Waals surface area contributed by atoms with Gasteiger partial charge >= 0.3 is 0 Å². The predicted octanol–water partition coefficient (Wildman–Crippen LogP) is 2.85. The minimum absolute atomic E-state index is 0.0116. The standard InChI is InChI=1S/C14H20O3/c1-16-12-7-10(9-15)8-13(17-2)14(12)11-5-3-4-6-11/h7-8,11,15H,3-6,9H2,1-2H3. The number of ether oxygens (including phenoxy) is 2. The van der Waals surface area contributed by atoms with E-state index >= 15 is 0 Å². The summed E-state index contributed by atoms with van der Waals surface area (Å²) in [5.41, 5.74) is 2.00. The van der Waals surface area contributed by atoms with Crippen molar-refractivity contribution in [3.05, 3.63) is 23.3 Å². The van der Waals surface area contributed by atoms with Gasteiger partial charge in [0.1, 0.15) is 11.5 Å². The Balaban J connectivity index is 2.45. The first-order chi connectivity index (χ1) is 8.30. The van der Waals surface area contributed by atoms with E-state index in [2.05, 4.69) is 0 Å². The third kappa shape index (κ3) is 2.39. The van der Waals surface area contributed by atoms with Gasteiger partial charge in [0.15, 0.2) is 0 Å². The Morgan fingerprint density at radius 3 is 2.06 bits per heavy atom. The Hall–Kier alpha value is -1.22. The van der Waals surface area contributed by atoms with Crippen molar-refractivity contribution in [2.45, 2.75) is 38.2 Å². The molecular weight excluding hydrogens is 216 g/mol. The summed E-state index contributed by atoms with van der Waals surface area (Å²) >= 11 is 0. The van der Waals surface area contributed by atoms with Crippen molar-refractivity contribution in [3.63, 3.8) is 0 Å². The first kappa shape index (κ1) is 12.2. The molecule has 1 aliphatic carbocycles. The highest BCUT2D eigenvalue weighted by molar-refractivity contribution is 5.50. The van der Waals surface area contributed by atoms with E-state index in [0.29, 0.717) is 5.92 Å². The number of hydrogen-bond donors (Lipinski definition) is 1. The number of hydrogen-bond acceptors (Lipinski definition) is 3. The van der Waals surface area contributed by atoms with Crippen LogP contribution >= 0.6 is 0 Å². The van der Waals surface area contributed by atoms with Gasteiger partial charge in [-0.15, -0.1) is 0 Å². The van der Waals surface area contributed by atoms with E-state index in [-0.39, 0.29) is 6.61 Å². The van der Waals surface area contributed by atoms with Crippen LogP contribution in [-0.2, 0) is 6.61 Å². The molecule has 0 bridgehead atoms. The lowest BCUT2D eigenvalue weighted by molar-refractivity contribution is 0.279. The summed E-state index contributed by atoms with van der Waals surface area (Å²) in [6.07, 6.45) is 4.95. The summed E-state index contributed by atoms with van der Waals surface area (Å²) < 4.78 is 10.9. The van der Waals surface area contributed by atoms with Crippen molar-refractivity contribution >= 4 is 0 Å². The minimum Gasteiger partial charge on any atom is -0.496 e. The van der Waals surface area contributed by atoms with Crippen molar-refractivity contribution in [2.75, 3.05) is 14.2 Å². The zero-order chi connectivity index (χ0) is 12.3. The molecule has 0 aliphatic heterocycles. The molecule has 1 N–H and O–H groups in total. The second-order valence-corrected chi connectivity index (χ2v) is 4.55. The van der Waals surface area contributed by atoms with Crippen LogP contribution in [0.5, 0.6) is 11.5 Å². The van der Waals surface area contributed by atoms with Crippen LogP contribution in [0, 0.1) is 0 Å². The molecule has 0 spiro atoms. The van der Waals surface area contributed by atoms with E-state index in [1.54, 1.807) is 14.2 Å². The maximum absolute atomic E-state index is 9.22. The van der Waals surface area contributed by atoms with Crippen LogP contribution in [0.3, 0.4) is 0 Å². The van der Waals surface area contributed by atoms with E-state index in [1.807, 2.05) is 12.1 Å². The van der Waals surface area contributed by atoms with Crippen molar-refractivity contribution in [1.82, 2.24) is 0 Å². The molecule has 0 unspecified atom stereocenters. The summed E-state index contributed by atoms with van der Waals surface area (Å²) in [6.45, 7) is 0.0116. The highest BCUT2D eigenvalue weighted by atomic mass is 16.5. The summed E-state index contributed by atoms with van der Waals surface area (Å²) in [5, 5.41) is 9.22. The first-order valence-electron chi connectivity index (χ1n) is 6.15. The molecule has 0 amide bonds. The summed E-state index contributed by atoms with van der Waals surface area (Å²) in [7, 11) is 3.35. The molecule has 1 aromatic rings. The summed E-state index contributed by atoms with van der Waals surface area (Å²) in [6, 6.07) is 3.83. The Bertz CT molecular complexity index is 356. The molecule has 0 radical (unpaired) electrons. The van der Waals surface area contributed by atoms with Gasteiger partial charge in [0.25, 0.3) is 0 Å². The topological polar surface area (TPSA) is 38.7 Å². The van der Waals surface area contributed by atoms with Gasteiger partial charge in [0, 0.05) is 5.56 Å². The monoisotopic (exact) mass is 236 g/mol. The van der Waals surface area contributed by atoms with Crippen LogP contribution in [0.25, 0.3) is 0 Å². The van der Waals surface area contributed by atoms with Crippen LogP contribution in [0.1, 0.15) is 42.7 Å². The van der Waals surface area contributed by atoms with Crippen molar-refractivity contribution in [3.8, 4) is 11.5 Å². The highest BCUT2D eigenvalue weighted by Gasteiger charge is 2.24. The van der Waals surface area contributed by atoms with Gasteiger partial charge in [-0.3, -0.25) is 0 Å². The molecule has 1 aliphatic rings. The van der Waals surface area contributed by atoms with Crippen LogP contribution in [0.2, 0.25) is 0 Å². The smallest absolute Gasteiger partial charge is 0.126 e. The summed E-state index contributed by atoms with van der Waals surface area (Å²) in [5.74, 6) is 2.23. The lowest BCUT2D eigenvalue weighted by atomic mass is 9.94. The van der Waals surface area contributed by atoms with Gasteiger partial charge < -0.3 is 14.6 Å². The van der Waals surface area contributed by atoms with Crippen LogP contribution in [0.4, 0.5) is 0 Å². The minimum atomic E-state index is 0.0116. The molecule has 0 heterocycles. The van der Waals surface area contributed by atoms with Crippen LogP contribution in [0.15, 0.2) is 12.1 Å². The fourth-order valence-corrected chi connectivity index (χ4v) is 2.70. The molecule has 0 atom stereocenters. The number of benzene rings is 1. The second kappa shape index (κ2) is 5.41. The van der Waals surface area contributed by atoms with Crippen molar-refractivity contribution in [1.29, 1.82) is 0 Å². The molecule has 0 aromatic heterocycles. The number of rotatable bonds is 4. The molecule has 0 saturated heterocycles. The summed E-state index contributed by atoms with van der Waals surface area (Å²) in [4.78, 5) is 0. The van der Waals surface area contributed by atoms with Gasteiger partial charge in [-0.2, -0.15) is 0 Å². The molecule has 3 nitrogen and oxygen atoms in total. The van der Waals surface area contributed by atoms with Gasteiger partial charge in [-0.05, 0) is 36.5 Å². The fourth-order valence-electron chi connectivity index (χ4n) is 2.70. The van der Waals surface area contributed by atoms with Crippen LogP contribution in [-0.4, -0.2) is 19.3 Å². The number of methoxy groups -OCH3 is 2. The Morgan fingerprint density at radius 1 is 1.12 bits per heavy atom. The average molecular weight is 236 g/mol. The average Bonchev–Trinajstić information content (AvgIpc) is 2.90. The molecule has 3 heteroatoms.